The monoisotopic (exact) mass is 296 g/mol. The first-order valence-electron chi connectivity index (χ1n) is 6.13. The molecule has 0 radical (unpaired) electrons. The van der Waals surface area contributed by atoms with Crippen molar-refractivity contribution in [1.82, 2.24) is 9.88 Å². The van der Waals surface area contributed by atoms with Crippen molar-refractivity contribution in [3.05, 3.63) is 47.3 Å². The maximum atomic E-state index is 12.1. The smallest absolute Gasteiger partial charge is 0.240 e. The number of nitrogens with zero attached hydrogens (tertiary/aromatic N) is 1. The van der Waals surface area contributed by atoms with E-state index in [0.29, 0.717) is 17.9 Å². The molecule has 0 fully saturated rings. The topological polar surface area (TPSA) is 92.4 Å². The number of aliphatic hydroxyl groups excluding tert-OH is 1. The van der Waals surface area contributed by atoms with Crippen molar-refractivity contribution in [2.24, 2.45) is 0 Å². The molecule has 2 rings (SSSR count). The van der Waals surface area contributed by atoms with Gasteiger partial charge in [0.2, 0.25) is 10.0 Å². The van der Waals surface area contributed by atoms with E-state index in [2.05, 4.69) is 9.88 Å². The van der Waals surface area contributed by atoms with Crippen LogP contribution in [0.15, 0.2) is 39.8 Å². The number of sulfonamides is 1. The van der Waals surface area contributed by atoms with Gasteiger partial charge >= 0.3 is 0 Å². The van der Waals surface area contributed by atoms with Crippen molar-refractivity contribution >= 4 is 10.0 Å². The van der Waals surface area contributed by atoms with E-state index in [1.807, 2.05) is 0 Å². The molecule has 0 atom stereocenters. The molecule has 1 heterocycles. The first-order chi connectivity index (χ1) is 9.51. The van der Waals surface area contributed by atoms with E-state index in [0.717, 1.165) is 5.56 Å². The molecule has 2 aromatic rings. The van der Waals surface area contributed by atoms with Gasteiger partial charge in [-0.3, -0.25) is 0 Å². The molecule has 0 saturated carbocycles. The molecule has 0 spiro atoms. The minimum absolute atomic E-state index is 0.0369. The zero-order chi connectivity index (χ0) is 14.6. The van der Waals surface area contributed by atoms with E-state index in [1.54, 1.807) is 25.1 Å². The Bertz CT molecular complexity index is 662. The lowest BCUT2D eigenvalue weighted by Crippen LogP contribution is -2.23. The summed E-state index contributed by atoms with van der Waals surface area (Å²) in [5, 5.41) is 12.5. The Balaban J connectivity index is 2.05. The summed E-state index contributed by atoms with van der Waals surface area (Å²) in [6.07, 6.45) is 0.505. The van der Waals surface area contributed by atoms with Crippen LogP contribution in [-0.4, -0.2) is 25.3 Å². The fourth-order valence-corrected chi connectivity index (χ4v) is 2.71. The number of rotatable bonds is 6. The molecular formula is C13H16N2O4S. The normalized spacial score (nSPS) is 11.7. The van der Waals surface area contributed by atoms with Gasteiger partial charge < -0.3 is 9.63 Å². The fourth-order valence-electron chi connectivity index (χ4n) is 1.71. The van der Waals surface area contributed by atoms with Gasteiger partial charge in [0.1, 0.15) is 0 Å². The lowest BCUT2D eigenvalue weighted by molar-refractivity contribution is 0.299. The van der Waals surface area contributed by atoms with Crippen molar-refractivity contribution in [3.8, 4) is 0 Å². The molecule has 6 nitrogen and oxygen atoms in total. The van der Waals surface area contributed by atoms with Gasteiger partial charge in [-0.15, -0.1) is 0 Å². The molecule has 0 aliphatic rings. The predicted molar refractivity (Wildman–Crippen MR) is 72.5 cm³/mol. The molecule has 0 amide bonds. The third kappa shape index (κ3) is 3.66. The van der Waals surface area contributed by atoms with E-state index in [4.69, 9.17) is 9.63 Å². The maximum Gasteiger partial charge on any atom is 0.240 e. The SMILES string of the molecule is Cc1cc(CNS(=O)(=O)c2ccc(CCO)cc2)on1. The quantitative estimate of drug-likeness (QED) is 0.829. The van der Waals surface area contributed by atoms with Crippen molar-refractivity contribution in [2.75, 3.05) is 6.61 Å². The van der Waals surface area contributed by atoms with Crippen LogP contribution in [0.2, 0.25) is 0 Å². The Morgan fingerprint density at radius 2 is 2.00 bits per heavy atom. The molecule has 0 bridgehead atoms. The molecule has 108 valence electrons. The van der Waals surface area contributed by atoms with E-state index < -0.39 is 10.0 Å². The van der Waals surface area contributed by atoms with Gasteiger partial charge in [0.05, 0.1) is 17.1 Å². The summed E-state index contributed by atoms with van der Waals surface area (Å²) in [5.41, 5.74) is 1.59. The third-order valence-corrected chi connectivity index (χ3v) is 4.16. The summed E-state index contributed by atoms with van der Waals surface area (Å²) < 4.78 is 31.5. The minimum atomic E-state index is -3.58. The largest absolute Gasteiger partial charge is 0.396 e. The predicted octanol–water partition coefficient (Wildman–Crippen LogP) is 0.996. The Morgan fingerprint density at radius 1 is 1.30 bits per heavy atom. The lowest BCUT2D eigenvalue weighted by atomic mass is 10.2. The van der Waals surface area contributed by atoms with E-state index in [-0.39, 0.29) is 18.0 Å². The van der Waals surface area contributed by atoms with Crippen LogP contribution in [0, 0.1) is 6.92 Å². The van der Waals surface area contributed by atoms with Gasteiger partial charge in [0, 0.05) is 12.7 Å². The number of nitrogens with one attached hydrogen (secondary N) is 1. The van der Waals surface area contributed by atoms with Gasteiger partial charge in [-0.05, 0) is 31.0 Å². The summed E-state index contributed by atoms with van der Waals surface area (Å²) in [4.78, 5) is 0.176. The number of aromatic nitrogens is 1. The maximum absolute atomic E-state index is 12.1. The fraction of sp³-hybridized carbons (Fsp3) is 0.308. The highest BCUT2D eigenvalue weighted by Gasteiger charge is 2.14. The van der Waals surface area contributed by atoms with E-state index >= 15 is 0 Å². The van der Waals surface area contributed by atoms with Gasteiger partial charge in [-0.2, -0.15) is 0 Å². The van der Waals surface area contributed by atoms with Crippen LogP contribution >= 0.6 is 0 Å². The van der Waals surface area contributed by atoms with Crippen molar-refractivity contribution in [1.29, 1.82) is 0 Å². The standard InChI is InChI=1S/C13H16N2O4S/c1-10-8-12(19-15-10)9-14-20(17,18)13-4-2-11(3-5-13)6-7-16/h2-5,8,14,16H,6-7,9H2,1H3. The van der Waals surface area contributed by atoms with Crippen LogP contribution in [0.4, 0.5) is 0 Å². The average Bonchev–Trinajstić information content (AvgIpc) is 2.84. The van der Waals surface area contributed by atoms with Crippen molar-refractivity contribution in [2.45, 2.75) is 24.8 Å². The number of hydrogen-bond acceptors (Lipinski definition) is 5. The van der Waals surface area contributed by atoms with Crippen LogP contribution in [-0.2, 0) is 23.0 Å². The van der Waals surface area contributed by atoms with Crippen LogP contribution in [0.1, 0.15) is 17.0 Å². The van der Waals surface area contributed by atoms with Gasteiger partial charge in [-0.1, -0.05) is 17.3 Å². The van der Waals surface area contributed by atoms with E-state index in [1.165, 1.54) is 12.1 Å². The van der Waals surface area contributed by atoms with Crippen LogP contribution in [0.3, 0.4) is 0 Å². The molecule has 1 aromatic carbocycles. The Labute approximate surface area is 117 Å². The number of hydrogen-bond donors (Lipinski definition) is 2. The molecule has 0 aliphatic heterocycles. The Morgan fingerprint density at radius 3 is 2.55 bits per heavy atom. The number of aryl methyl sites for hydroxylation is 1. The van der Waals surface area contributed by atoms with Crippen molar-refractivity contribution in [3.63, 3.8) is 0 Å². The van der Waals surface area contributed by atoms with Gasteiger partial charge in [0.15, 0.2) is 5.76 Å². The summed E-state index contributed by atoms with van der Waals surface area (Å²) in [7, 11) is -3.58. The zero-order valence-corrected chi connectivity index (χ0v) is 11.9. The first kappa shape index (κ1) is 14.7. The molecule has 0 saturated heterocycles. The molecule has 2 N–H and O–H groups in total. The molecule has 0 unspecified atom stereocenters. The zero-order valence-electron chi connectivity index (χ0n) is 11.0. The summed E-state index contributed by atoms with van der Waals surface area (Å²) >= 11 is 0. The van der Waals surface area contributed by atoms with Crippen LogP contribution < -0.4 is 4.72 Å². The van der Waals surface area contributed by atoms with Crippen molar-refractivity contribution < 1.29 is 18.0 Å². The molecule has 7 heteroatoms. The lowest BCUT2D eigenvalue weighted by Gasteiger charge is -2.06. The van der Waals surface area contributed by atoms with Gasteiger partial charge in [-0.25, -0.2) is 13.1 Å². The van der Waals surface area contributed by atoms with E-state index in [9.17, 15) is 8.42 Å². The highest BCUT2D eigenvalue weighted by molar-refractivity contribution is 7.89. The second-order valence-corrected chi connectivity index (χ2v) is 6.14. The minimum Gasteiger partial charge on any atom is -0.396 e. The van der Waals surface area contributed by atoms with Crippen LogP contribution in [0.25, 0.3) is 0 Å². The summed E-state index contributed by atoms with van der Waals surface area (Å²) in [6.45, 7) is 1.86. The average molecular weight is 296 g/mol. The second-order valence-electron chi connectivity index (χ2n) is 4.38. The molecule has 20 heavy (non-hydrogen) atoms. The highest BCUT2D eigenvalue weighted by atomic mass is 32.2. The van der Waals surface area contributed by atoms with Gasteiger partial charge in [0.25, 0.3) is 0 Å². The van der Waals surface area contributed by atoms with Crippen LogP contribution in [0.5, 0.6) is 0 Å². The number of aliphatic hydroxyl groups is 1. The number of benzene rings is 1. The summed E-state index contributed by atoms with van der Waals surface area (Å²) in [5.74, 6) is 0.461. The highest BCUT2D eigenvalue weighted by Crippen LogP contribution is 2.12. The third-order valence-electron chi connectivity index (χ3n) is 2.75. The molecule has 0 aliphatic carbocycles. The molecule has 1 aromatic heterocycles. The summed E-state index contributed by atoms with van der Waals surface area (Å²) in [6, 6.07) is 8.07. The first-order valence-corrected chi connectivity index (χ1v) is 7.61. The molecular weight excluding hydrogens is 280 g/mol. The Kier molecular flexibility index (Phi) is 4.53. The Hall–Kier alpha value is -1.70. The second kappa shape index (κ2) is 6.17.